The maximum Gasteiger partial charge on any atom is 0.416 e. The average Bonchev–Trinajstić information content (AvgIpc) is 3.34. The normalized spacial score (nSPS) is 11.3. The second kappa shape index (κ2) is 8.67. The first kappa shape index (κ1) is 21.3. The Balaban J connectivity index is 1.41. The van der Waals surface area contributed by atoms with Gasteiger partial charge in [-0.15, -0.1) is 11.3 Å². The Labute approximate surface area is 183 Å². The highest BCUT2D eigenvalue weighted by atomic mass is 32.1. The summed E-state index contributed by atoms with van der Waals surface area (Å²) >= 11 is 1.43. The number of aromatic nitrogens is 3. The summed E-state index contributed by atoms with van der Waals surface area (Å²) in [6, 6.07) is 7.43. The zero-order valence-electron chi connectivity index (χ0n) is 16.2. The third-order valence-electron chi connectivity index (χ3n) is 4.31. The van der Waals surface area contributed by atoms with Gasteiger partial charge < -0.3 is 5.32 Å². The number of imidazole rings is 1. The van der Waals surface area contributed by atoms with Crippen molar-refractivity contribution < 1.29 is 22.8 Å². The SMILES string of the molecule is O=C(Cc1cn2ccsc2n1)NNC(=O)c1cccnc1Nc1cccc(C(F)(F)F)c1. The lowest BCUT2D eigenvalue weighted by atomic mass is 10.2. The largest absolute Gasteiger partial charge is 0.416 e. The molecule has 0 saturated carbocycles. The number of carbonyl (C=O) groups excluding carboxylic acids is 2. The molecule has 164 valence electrons. The fourth-order valence-corrected chi connectivity index (χ4v) is 3.58. The number of halogens is 3. The quantitative estimate of drug-likeness (QED) is 0.396. The van der Waals surface area contributed by atoms with Crippen LogP contribution in [-0.2, 0) is 17.4 Å². The molecule has 3 heterocycles. The maximum absolute atomic E-state index is 12.9. The summed E-state index contributed by atoms with van der Waals surface area (Å²) in [5.41, 5.74) is 4.42. The molecule has 0 aliphatic rings. The van der Waals surface area contributed by atoms with Crippen molar-refractivity contribution in [2.75, 3.05) is 5.32 Å². The summed E-state index contributed by atoms with van der Waals surface area (Å²) in [6.07, 6.45) is 0.367. The van der Waals surface area contributed by atoms with Gasteiger partial charge in [0.15, 0.2) is 4.96 Å². The van der Waals surface area contributed by atoms with Crippen molar-refractivity contribution in [1.82, 2.24) is 25.2 Å². The third-order valence-corrected chi connectivity index (χ3v) is 5.08. The van der Waals surface area contributed by atoms with Gasteiger partial charge in [0.25, 0.3) is 5.91 Å². The number of rotatable bonds is 5. The lowest BCUT2D eigenvalue weighted by Gasteiger charge is -2.13. The highest BCUT2D eigenvalue weighted by molar-refractivity contribution is 7.15. The Hall–Kier alpha value is -3.93. The van der Waals surface area contributed by atoms with Crippen LogP contribution in [0.3, 0.4) is 0 Å². The number of hydrogen-bond acceptors (Lipinski definition) is 6. The molecule has 4 aromatic rings. The molecule has 2 amide bonds. The number of thiazole rings is 1. The number of pyridine rings is 1. The summed E-state index contributed by atoms with van der Waals surface area (Å²) in [7, 11) is 0. The Morgan fingerprint density at radius 2 is 1.97 bits per heavy atom. The monoisotopic (exact) mass is 460 g/mol. The van der Waals surface area contributed by atoms with Gasteiger partial charge in [-0.3, -0.25) is 24.8 Å². The second-order valence-electron chi connectivity index (χ2n) is 6.61. The molecule has 8 nitrogen and oxygen atoms in total. The van der Waals surface area contributed by atoms with Gasteiger partial charge in [0.2, 0.25) is 5.91 Å². The molecule has 1 aromatic carbocycles. The lowest BCUT2D eigenvalue weighted by Crippen LogP contribution is -2.42. The van der Waals surface area contributed by atoms with Gasteiger partial charge in [-0.25, -0.2) is 9.97 Å². The first-order valence-corrected chi connectivity index (χ1v) is 10.1. The molecule has 32 heavy (non-hydrogen) atoms. The van der Waals surface area contributed by atoms with Gasteiger partial charge >= 0.3 is 6.18 Å². The van der Waals surface area contributed by atoms with Crippen LogP contribution in [0.1, 0.15) is 21.6 Å². The van der Waals surface area contributed by atoms with E-state index in [0.29, 0.717) is 5.69 Å². The Kier molecular flexibility index (Phi) is 5.77. The molecule has 0 bridgehead atoms. The van der Waals surface area contributed by atoms with E-state index >= 15 is 0 Å². The molecule has 0 aliphatic carbocycles. The summed E-state index contributed by atoms with van der Waals surface area (Å²) < 4.78 is 40.6. The van der Waals surface area contributed by atoms with Crippen LogP contribution in [0.25, 0.3) is 4.96 Å². The number of hydrogen-bond donors (Lipinski definition) is 3. The Morgan fingerprint density at radius 1 is 1.12 bits per heavy atom. The molecule has 4 rings (SSSR count). The Bertz CT molecular complexity index is 1260. The summed E-state index contributed by atoms with van der Waals surface area (Å²) in [6.45, 7) is 0. The van der Waals surface area contributed by atoms with Gasteiger partial charge in [0.1, 0.15) is 5.82 Å². The molecular weight excluding hydrogens is 445 g/mol. The van der Waals surface area contributed by atoms with Crippen LogP contribution in [0.4, 0.5) is 24.7 Å². The van der Waals surface area contributed by atoms with Crippen LogP contribution in [0.15, 0.2) is 60.4 Å². The molecule has 0 unspecified atom stereocenters. The number of amides is 2. The molecule has 12 heteroatoms. The van der Waals surface area contributed by atoms with Crippen molar-refractivity contribution in [3.8, 4) is 0 Å². The zero-order valence-corrected chi connectivity index (χ0v) is 17.0. The van der Waals surface area contributed by atoms with Crippen molar-refractivity contribution in [2.45, 2.75) is 12.6 Å². The Morgan fingerprint density at radius 3 is 2.75 bits per heavy atom. The topological polar surface area (TPSA) is 100 Å². The van der Waals surface area contributed by atoms with E-state index in [9.17, 15) is 22.8 Å². The minimum atomic E-state index is -4.50. The highest BCUT2D eigenvalue weighted by Crippen LogP contribution is 2.31. The van der Waals surface area contributed by atoms with Crippen molar-refractivity contribution in [3.63, 3.8) is 0 Å². The highest BCUT2D eigenvalue weighted by Gasteiger charge is 2.30. The summed E-state index contributed by atoms with van der Waals surface area (Å²) in [5, 5.41) is 4.58. The van der Waals surface area contributed by atoms with Gasteiger partial charge in [0.05, 0.1) is 23.2 Å². The number of alkyl halides is 3. The summed E-state index contributed by atoms with van der Waals surface area (Å²) in [5.74, 6) is -1.14. The summed E-state index contributed by atoms with van der Waals surface area (Å²) in [4.78, 5) is 33.7. The number of nitrogens with one attached hydrogen (secondary N) is 3. The van der Waals surface area contributed by atoms with Gasteiger partial charge in [-0.05, 0) is 30.3 Å². The number of carbonyl (C=O) groups is 2. The van der Waals surface area contributed by atoms with Crippen LogP contribution in [-0.4, -0.2) is 26.2 Å². The predicted octanol–water partition coefficient (Wildman–Crippen LogP) is 3.56. The second-order valence-corrected chi connectivity index (χ2v) is 7.48. The predicted molar refractivity (Wildman–Crippen MR) is 111 cm³/mol. The molecule has 0 saturated heterocycles. The molecule has 3 aromatic heterocycles. The van der Waals surface area contributed by atoms with E-state index in [1.807, 2.05) is 11.6 Å². The van der Waals surface area contributed by atoms with E-state index < -0.39 is 23.6 Å². The molecule has 3 N–H and O–H groups in total. The molecule has 0 fully saturated rings. The smallest absolute Gasteiger partial charge is 0.340 e. The van der Waals surface area contributed by atoms with E-state index in [1.165, 1.54) is 41.8 Å². The fourth-order valence-electron chi connectivity index (χ4n) is 2.86. The number of nitrogens with zero attached hydrogens (tertiary/aromatic N) is 3. The van der Waals surface area contributed by atoms with E-state index in [0.717, 1.165) is 17.1 Å². The number of benzene rings is 1. The van der Waals surface area contributed by atoms with Crippen molar-refractivity contribution in [1.29, 1.82) is 0 Å². The van der Waals surface area contributed by atoms with Gasteiger partial charge in [-0.1, -0.05) is 6.07 Å². The van der Waals surface area contributed by atoms with Crippen molar-refractivity contribution >= 4 is 39.6 Å². The third kappa shape index (κ3) is 4.86. The zero-order chi connectivity index (χ0) is 22.7. The van der Waals surface area contributed by atoms with Crippen LogP contribution in [0.5, 0.6) is 0 Å². The van der Waals surface area contributed by atoms with Crippen LogP contribution < -0.4 is 16.2 Å². The van der Waals surface area contributed by atoms with Gasteiger partial charge in [0, 0.05) is 29.7 Å². The van der Waals surface area contributed by atoms with Crippen LogP contribution in [0.2, 0.25) is 0 Å². The molecule has 0 atom stereocenters. The number of anilines is 2. The minimum absolute atomic E-state index is 0.0349. The molecular formula is C20H15F3N6O2S. The van der Waals surface area contributed by atoms with E-state index in [-0.39, 0.29) is 23.5 Å². The van der Waals surface area contributed by atoms with Crippen LogP contribution in [0, 0.1) is 0 Å². The van der Waals surface area contributed by atoms with Gasteiger partial charge in [-0.2, -0.15) is 13.2 Å². The molecule has 0 spiro atoms. The minimum Gasteiger partial charge on any atom is -0.340 e. The first-order chi connectivity index (χ1) is 15.3. The lowest BCUT2D eigenvalue weighted by molar-refractivity contribution is -0.137. The standard InChI is InChI=1S/C20H15F3N6O2S/c21-20(22,23)12-3-1-4-13(9-12)25-17-15(5-2-6-24-17)18(31)28-27-16(30)10-14-11-29-7-8-32-19(29)26-14/h1-9,11H,10H2,(H,24,25)(H,27,30)(H,28,31). The number of fused-ring (bicyclic) bond motifs is 1. The average molecular weight is 460 g/mol. The van der Waals surface area contributed by atoms with Crippen LogP contribution >= 0.6 is 11.3 Å². The molecule has 0 aliphatic heterocycles. The van der Waals surface area contributed by atoms with E-state index in [2.05, 4.69) is 26.1 Å². The number of hydrazine groups is 1. The maximum atomic E-state index is 12.9. The van der Waals surface area contributed by atoms with E-state index in [4.69, 9.17) is 0 Å². The first-order valence-electron chi connectivity index (χ1n) is 9.19. The molecule has 0 radical (unpaired) electrons. The van der Waals surface area contributed by atoms with Crippen molar-refractivity contribution in [2.24, 2.45) is 0 Å². The fraction of sp³-hybridized carbons (Fsp3) is 0.100. The van der Waals surface area contributed by atoms with E-state index in [1.54, 1.807) is 10.6 Å². The van der Waals surface area contributed by atoms with Crippen molar-refractivity contribution in [3.05, 3.63) is 77.2 Å².